The summed E-state index contributed by atoms with van der Waals surface area (Å²) in [6, 6.07) is 19.8. The molecule has 0 aliphatic carbocycles. The van der Waals surface area contributed by atoms with Gasteiger partial charge in [0, 0.05) is 17.7 Å². The van der Waals surface area contributed by atoms with E-state index in [0.717, 1.165) is 11.1 Å². The maximum Gasteiger partial charge on any atom is 0.269 e. The molecule has 120 valence electrons. The maximum atomic E-state index is 10.7. The van der Waals surface area contributed by atoms with Crippen LogP contribution in [-0.4, -0.2) is 11.1 Å². The molecule has 0 saturated heterocycles. The average Bonchev–Trinajstić information content (AvgIpc) is 3.09. The van der Waals surface area contributed by atoms with Gasteiger partial charge in [-0.1, -0.05) is 30.3 Å². The molecule has 0 aliphatic rings. The first kappa shape index (κ1) is 15.5. The molecule has 0 atom stereocenters. The van der Waals surface area contributed by atoms with Crippen LogP contribution in [0.25, 0.3) is 11.3 Å². The lowest BCUT2D eigenvalue weighted by Crippen LogP contribution is -2.04. The van der Waals surface area contributed by atoms with Crippen molar-refractivity contribution >= 4 is 11.9 Å². The SMILES string of the molecule is O=[N+]([O-])c1ccc(-c2ccc(C=NNCc3ccccc3)o2)cc1. The summed E-state index contributed by atoms with van der Waals surface area (Å²) in [5.41, 5.74) is 4.92. The van der Waals surface area contributed by atoms with E-state index >= 15 is 0 Å². The normalized spacial score (nSPS) is 10.8. The predicted molar refractivity (Wildman–Crippen MR) is 91.7 cm³/mol. The first-order chi connectivity index (χ1) is 11.7. The van der Waals surface area contributed by atoms with Gasteiger partial charge in [-0.2, -0.15) is 5.10 Å². The van der Waals surface area contributed by atoms with Crippen LogP contribution in [-0.2, 0) is 6.54 Å². The van der Waals surface area contributed by atoms with Crippen LogP contribution in [0, 0.1) is 10.1 Å². The standard InChI is InChI=1S/C18H15N3O3/c22-21(23)16-8-6-15(7-9-16)18-11-10-17(24-18)13-20-19-12-14-4-2-1-3-5-14/h1-11,13,19H,12H2. The molecular formula is C18H15N3O3. The Hall–Kier alpha value is -3.41. The van der Waals surface area contributed by atoms with Crippen molar-refractivity contribution in [3.8, 4) is 11.3 Å². The Labute approximate surface area is 138 Å². The fourth-order valence-electron chi connectivity index (χ4n) is 2.17. The van der Waals surface area contributed by atoms with E-state index in [1.54, 1.807) is 30.5 Å². The van der Waals surface area contributed by atoms with E-state index in [-0.39, 0.29) is 5.69 Å². The third-order valence-corrected chi connectivity index (χ3v) is 3.40. The molecule has 3 rings (SSSR count). The van der Waals surface area contributed by atoms with Crippen LogP contribution >= 0.6 is 0 Å². The number of furan rings is 1. The van der Waals surface area contributed by atoms with Gasteiger partial charge in [-0.3, -0.25) is 10.1 Å². The highest BCUT2D eigenvalue weighted by atomic mass is 16.6. The zero-order valence-corrected chi connectivity index (χ0v) is 12.8. The third kappa shape index (κ3) is 3.86. The molecule has 3 aromatic rings. The molecule has 0 spiro atoms. The van der Waals surface area contributed by atoms with Crippen LogP contribution in [0.2, 0.25) is 0 Å². The molecule has 6 nitrogen and oxygen atoms in total. The fraction of sp³-hybridized carbons (Fsp3) is 0.0556. The minimum atomic E-state index is -0.428. The van der Waals surface area contributed by atoms with Crippen LogP contribution < -0.4 is 5.43 Å². The Morgan fingerprint density at radius 3 is 2.50 bits per heavy atom. The Morgan fingerprint density at radius 1 is 1.04 bits per heavy atom. The van der Waals surface area contributed by atoms with Crippen LogP contribution in [0.3, 0.4) is 0 Å². The van der Waals surface area contributed by atoms with E-state index in [2.05, 4.69) is 10.5 Å². The average molecular weight is 321 g/mol. The van der Waals surface area contributed by atoms with Crippen molar-refractivity contribution in [2.75, 3.05) is 0 Å². The van der Waals surface area contributed by atoms with Crippen LogP contribution in [0.15, 0.2) is 76.2 Å². The number of nitro groups is 1. The van der Waals surface area contributed by atoms with Crippen molar-refractivity contribution < 1.29 is 9.34 Å². The van der Waals surface area contributed by atoms with Crippen molar-refractivity contribution in [1.82, 2.24) is 5.43 Å². The predicted octanol–water partition coefficient (Wildman–Crippen LogP) is 3.98. The Morgan fingerprint density at radius 2 is 1.79 bits per heavy atom. The van der Waals surface area contributed by atoms with Gasteiger partial charge >= 0.3 is 0 Å². The topological polar surface area (TPSA) is 80.7 Å². The van der Waals surface area contributed by atoms with Crippen molar-refractivity contribution in [1.29, 1.82) is 0 Å². The molecule has 1 heterocycles. The van der Waals surface area contributed by atoms with E-state index in [1.165, 1.54) is 12.1 Å². The molecule has 0 radical (unpaired) electrons. The number of rotatable bonds is 6. The minimum Gasteiger partial charge on any atom is -0.455 e. The first-order valence-electron chi connectivity index (χ1n) is 7.37. The van der Waals surface area contributed by atoms with E-state index in [9.17, 15) is 10.1 Å². The number of hydrogen-bond acceptors (Lipinski definition) is 5. The Kier molecular flexibility index (Phi) is 4.67. The van der Waals surface area contributed by atoms with E-state index < -0.39 is 4.92 Å². The lowest BCUT2D eigenvalue weighted by Gasteiger charge is -1.99. The summed E-state index contributed by atoms with van der Waals surface area (Å²) in [7, 11) is 0. The quantitative estimate of drug-likeness (QED) is 0.423. The van der Waals surface area contributed by atoms with Gasteiger partial charge in [0.2, 0.25) is 0 Å². The van der Waals surface area contributed by atoms with Crippen LogP contribution in [0.1, 0.15) is 11.3 Å². The maximum absolute atomic E-state index is 10.7. The zero-order chi connectivity index (χ0) is 16.8. The van der Waals surface area contributed by atoms with Crippen molar-refractivity contribution in [3.63, 3.8) is 0 Å². The van der Waals surface area contributed by atoms with Gasteiger partial charge < -0.3 is 9.84 Å². The number of hydrogen-bond donors (Lipinski definition) is 1. The van der Waals surface area contributed by atoms with E-state index in [1.807, 2.05) is 30.3 Å². The van der Waals surface area contributed by atoms with E-state index in [0.29, 0.717) is 18.1 Å². The molecule has 0 aliphatic heterocycles. The molecule has 1 N–H and O–H groups in total. The zero-order valence-electron chi connectivity index (χ0n) is 12.8. The van der Waals surface area contributed by atoms with Crippen LogP contribution in [0.5, 0.6) is 0 Å². The lowest BCUT2D eigenvalue weighted by atomic mass is 10.1. The highest BCUT2D eigenvalue weighted by Gasteiger charge is 2.07. The van der Waals surface area contributed by atoms with E-state index in [4.69, 9.17) is 4.42 Å². The highest BCUT2D eigenvalue weighted by Crippen LogP contribution is 2.23. The van der Waals surface area contributed by atoms with Gasteiger partial charge in [-0.15, -0.1) is 0 Å². The minimum absolute atomic E-state index is 0.0530. The molecular weight excluding hydrogens is 306 g/mol. The van der Waals surface area contributed by atoms with Gasteiger partial charge in [0.05, 0.1) is 17.7 Å². The molecule has 0 saturated carbocycles. The van der Waals surface area contributed by atoms with Crippen LogP contribution in [0.4, 0.5) is 5.69 Å². The first-order valence-corrected chi connectivity index (χ1v) is 7.37. The lowest BCUT2D eigenvalue weighted by molar-refractivity contribution is -0.384. The summed E-state index contributed by atoms with van der Waals surface area (Å²) in [6.07, 6.45) is 1.60. The molecule has 0 amide bonds. The number of nitrogens with zero attached hydrogens (tertiary/aromatic N) is 2. The summed E-state index contributed by atoms with van der Waals surface area (Å²) in [4.78, 5) is 10.2. The molecule has 0 unspecified atom stereocenters. The van der Waals surface area contributed by atoms with Gasteiger partial charge in [-0.05, 0) is 29.8 Å². The van der Waals surface area contributed by atoms with Crippen molar-refractivity contribution in [3.05, 3.63) is 88.2 Å². The Balaban J connectivity index is 1.60. The van der Waals surface area contributed by atoms with Gasteiger partial charge in [-0.25, -0.2) is 0 Å². The van der Waals surface area contributed by atoms with Crippen molar-refractivity contribution in [2.24, 2.45) is 5.10 Å². The number of non-ortho nitro benzene ring substituents is 1. The second kappa shape index (κ2) is 7.23. The Bertz CT molecular complexity index is 839. The monoisotopic (exact) mass is 321 g/mol. The summed E-state index contributed by atoms with van der Waals surface area (Å²) >= 11 is 0. The molecule has 6 heteroatoms. The summed E-state index contributed by atoms with van der Waals surface area (Å²) in [5.74, 6) is 1.23. The van der Waals surface area contributed by atoms with Gasteiger partial charge in [0.25, 0.3) is 5.69 Å². The summed E-state index contributed by atoms with van der Waals surface area (Å²) in [5, 5.41) is 14.8. The van der Waals surface area contributed by atoms with Gasteiger partial charge in [0.15, 0.2) is 0 Å². The van der Waals surface area contributed by atoms with Crippen molar-refractivity contribution in [2.45, 2.75) is 6.54 Å². The second-order valence-corrected chi connectivity index (χ2v) is 5.08. The molecule has 1 aromatic heterocycles. The molecule has 0 bridgehead atoms. The number of benzene rings is 2. The summed E-state index contributed by atoms with van der Waals surface area (Å²) < 4.78 is 5.66. The molecule has 2 aromatic carbocycles. The number of hydrazone groups is 1. The van der Waals surface area contributed by atoms with Gasteiger partial charge in [0.1, 0.15) is 11.5 Å². The number of nitrogens with one attached hydrogen (secondary N) is 1. The molecule has 0 fully saturated rings. The second-order valence-electron chi connectivity index (χ2n) is 5.08. The highest BCUT2D eigenvalue weighted by molar-refractivity contribution is 5.77. The third-order valence-electron chi connectivity index (χ3n) is 3.40. The smallest absolute Gasteiger partial charge is 0.269 e. The largest absolute Gasteiger partial charge is 0.455 e. The number of nitro benzene ring substituents is 1. The molecule has 24 heavy (non-hydrogen) atoms. The summed E-state index contributed by atoms with van der Waals surface area (Å²) in [6.45, 7) is 0.632. The fourth-order valence-corrected chi connectivity index (χ4v) is 2.17.